The largest absolute Gasteiger partial charge is 0.493 e. The fourth-order valence-corrected chi connectivity index (χ4v) is 4.10. The van der Waals surface area contributed by atoms with Gasteiger partial charge in [-0.15, -0.1) is 0 Å². The molecule has 3 aromatic carbocycles. The molecule has 1 aliphatic rings. The van der Waals surface area contributed by atoms with Crippen molar-refractivity contribution in [2.45, 2.75) is 13.5 Å². The van der Waals surface area contributed by atoms with E-state index in [0.717, 1.165) is 9.13 Å². The number of methoxy groups -OCH3 is 1. The number of amides is 1. The minimum absolute atomic E-state index is 0.0791. The molecule has 5 nitrogen and oxygen atoms in total. The monoisotopic (exact) mass is 542 g/mol. The average Bonchev–Trinajstić information content (AvgIpc) is 3.08. The molecule has 7 heteroatoms. The maximum atomic E-state index is 13.9. The molecular weight excluding hydrogens is 522 g/mol. The first kappa shape index (κ1) is 22.0. The van der Waals surface area contributed by atoms with E-state index in [1.165, 1.54) is 11.1 Å². The van der Waals surface area contributed by atoms with E-state index < -0.39 is 0 Å². The summed E-state index contributed by atoms with van der Waals surface area (Å²) in [6.07, 6.45) is 1.79. The number of hydrogen-bond donors (Lipinski definition) is 0. The molecule has 0 saturated heterocycles. The number of rotatable bonds is 6. The highest BCUT2D eigenvalue weighted by Crippen LogP contribution is 2.36. The summed E-state index contributed by atoms with van der Waals surface area (Å²) in [5.41, 5.74) is 3.09. The molecule has 162 valence electrons. The van der Waals surface area contributed by atoms with Crippen LogP contribution in [-0.4, -0.2) is 18.7 Å². The summed E-state index contributed by atoms with van der Waals surface area (Å²) in [5.74, 6) is 0.510. The number of benzene rings is 3. The molecular formula is C25H20FIN2O3. The maximum absolute atomic E-state index is 13.9. The summed E-state index contributed by atoms with van der Waals surface area (Å²) in [6.45, 7) is 1.89. The van der Waals surface area contributed by atoms with Crippen LogP contribution >= 0.6 is 22.6 Å². The van der Waals surface area contributed by atoms with Crippen LogP contribution in [0.4, 0.5) is 10.1 Å². The van der Waals surface area contributed by atoms with Gasteiger partial charge in [0.1, 0.15) is 12.4 Å². The van der Waals surface area contributed by atoms with Crippen LogP contribution in [0.5, 0.6) is 11.5 Å². The fraction of sp³-hybridized carbons (Fsp3) is 0.120. The van der Waals surface area contributed by atoms with Crippen molar-refractivity contribution in [2.75, 3.05) is 12.1 Å². The summed E-state index contributed by atoms with van der Waals surface area (Å²) in [6, 6.07) is 19.5. The van der Waals surface area contributed by atoms with Gasteiger partial charge in [0.2, 0.25) is 0 Å². The summed E-state index contributed by atoms with van der Waals surface area (Å²) in [7, 11) is 1.54. The molecule has 3 aromatic rings. The molecule has 1 amide bonds. The van der Waals surface area contributed by atoms with Gasteiger partial charge in [-0.05, 0) is 71.5 Å². The second-order valence-corrected chi connectivity index (χ2v) is 8.27. The maximum Gasteiger partial charge on any atom is 0.280 e. The van der Waals surface area contributed by atoms with Crippen molar-refractivity contribution >= 4 is 46.0 Å². The number of nitrogens with zero attached hydrogens (tertiary/aromatic N) is 2. The molecule has 0 atom stereocenters. The molecule has 1 heterocycles. The van der Waals surface area contributed by atoms with Gasteiger partial charge in [-0.3, -0.25) is 4.79 Å². The van der Waals surface area contributed by atoms with E-state index in [4.69, 9.17) is 9.47 Å². The zero-order chi connectivity index (χ0) is 22.7. The Labute approximate surface area is 199 Å². The van der Waals surface area contributed by atoms with Crippen molar-refractivity contribution in [2.24, 2.45) is 5.10 Å². The van der Waals surface area contributed by atoms with Gasteiger partial charge >= 0.3 is 0 Å². The fourth-order valence-electron chi connectivity index (χ4n) is 3.32. The molecule has 0 saturated carbocycles. The van der Waals surface area contributed by atoms with Gasteiger partial charge in [0, 0.05) is 5.56 Å². The quantitative estimate of drug-likeness (QED) is 0.291. The third-order valence-electron chi connectivity index (χ3n) is 4.96. The molecule has 4 rings (SSSR count). The molecule has 0 fully saturated rings. The van der Waals surface area contributed by atoms with Gasteiger partial charge in [0.25, 0.3) is 5.91 Å². The van der Waals surface area contributed by atoms with Crippen LogP contribution in [0.2, 0.25) is 0 Å². The zero-order valence-corrected chi connectivity index (χ0v) is 19.7. The Balaban J connectivity index is 1.60. The molecule has 0 unspecified atom stereocenters. The number of anilines is 1. The lowest BCUT2D eigenvalue weighted by Gasteiger charge is -2.14. The SMILES string of the molecule is COc1cc(/C=C2/C(=O)N(c3ccccc3)N=C2C)cc(I)c1OCc1ccccc1F. The van der Waals surface area contributed by atoms with Crippen LogP contribution in [-0.2, 0) is 11.4 Å². The molecule has 0 aliphatic carbocycles. The van der Waals surface area contributed by atoms with Crippen LogP contribution in [0.1, 0.15) is 18.1 Å². The smallest absolute Gasteiger partial charge is 0.280 e. The summed E-state index contributed by atoms with van der Waals surface area (Å²) in [4.78, 5) is 13.0. The Morgan fingerprint density at radius 3 is 2.53 bits per heavy atom. The van der Waals surface area contributed by atoms with Gasteiger partial charge in [-0.25, -0.2) is 4.39 Å². The van der Waals surface area contributed by atoms with Gasteiger partial charge in [-0.1, -0.05) is 36.4 Å². The predicted octanol–water partition coefficient (Wildman–Crippen LogP) is 5.82. The highest BCUT2D eigenvalue weighted by atomic mass is 127. The number of ether oxygens (including phenoxy) is 2. The van der Waals surface area contributed by atoms with Gasteiger partial charge < -0.3 is 9.47 Å². The Bertz CT molecular complexity index is 1230. The first-order valence-corrected chi connectivity index (χ1v) is 11.0. The first-order valence-electron chi connectivity index (χ1n) is 9.88. The molecule has 0 radical (unpaired) electrons. The van der Waals surface area contributed by atoms with E-state index in [2.05, 4.69) is 27.7 Å². The van der Waals surface area contributed by atoms with Crippen LogP contribution < -0.4 is 14.5 Å². The van der Waals surface area contributed by atoms with E-state index in [9.17, 15) is 9.18 Å². The van der Waals surface area contributed by atoms with Crippen LogP contribution in [0.25, 0.3) is 6.08 Å². The number of halogens is 2. The Hall–Kier alpha value is -3.20. The van der Waals surface area contributed by atoms with Crippen molar-refractivity contribution < 1.29 is 18.7 Å². The van der Waals surface area contributed by atoms with Crippen molar-refractivity contribution in [1.82, 2.24) is 0 Å². The van der Waals surface area contributed by atoms with E-state index >= 15 is 0 Å². The number of para-hydroxylation sites is 1. The van der Waals surface area contributed by atoms with Crippen molar-refractivity contribution in [3.8, 4) is 11.5 Å². The third-order valence-corrected chi connectivity index (χ3v) is 5.76. The van der Waals surface area contributed by atoms with Crippen molar-refractivity contribution in [3.05, 3.63) is 92.8 Å². The van der Waals surface area contributed by atoms with E-state index in [-0.39, 0.29) is 18.3 Å². The minimum atomic E-state index is -0.319. The van der Waals surface area contributed by atoms with Gasteiger partial charge in [0.15, 0.2) is 11.5 Å². The molecule has 0 aromatic heterocycles. The first-order chi connectivity index (χ1) is 15.5. The van der Waals surface area contributed by atoms with E-state index in [1.54, 1.807) is 44.4 Å². The van der Waals surface area contributed by atoms with E-state index in [0.29, 0.717) is 34.0 Å². The normalized spacial score (nSPS) is 14.6. The Morgan fingerprint density at radius 2 is 1.81 bits per heavy atom. The van der Waals surface area contributed by atoms with Crippen molar-refractivity contribution in [3.63, 3.8) is 0 Å². The number of hydrazone groups is 1. The Morgan fingerprint density at radius 1 is 1.09 bits per heavy atom. The molecule has 0 N–H and O–H groups in total. The highest BCUT2D eigenvalue weighted by Gasteiger charge is 2.28. The number of carbonyl (C=O) groups is 1. The van der Waals surface area contributed by atoms with Crippen LogP contribution in [0.15, 0.2) is 77.4 Å². The Kier molecular flexibility index (Phi) is 6.55. The number of hydrogen-bond acceptors (Lipinski definition) is 4. The number of carbonyl (C=O) groups excluding carboxylic acids is 1. The molecule has 1 aliphatic heterocycles. The lowest BCUT2D eigenvalue weighted by molar-refractivity contribution is -0.114. The zero-order valence-electron chi connectivity index (χ0n) is 17.5. The summed E-state index contributed by atoms with van der Waals surface area (Å²) < 4.78 is 26.1. The highest BCUT2D eigenvalue weighted by molar-refractivity contribution is 14.1. The standard InChI is InChI=1S/C25H20FIN2O3/c1-16-20(25(30)29(28-16)19-9-4-3-5-10-19)12-17-13-22(27)24(23(14-17)31-2)32-15-18-8-6-7-11-21(18)26/h3-14H,15H2,1-2H3/b20-12+. The average molecular weight is 542 g/mol. The molecule has 0 spiro atoms. The summed E-state index contributed by atoms with van der Waals surface area (Å²) >= 11 is 2.14. The van der Waals surface area contributed by atoms with Crippen molar-refractivity contribution in [1.29, 1.82) is 0 Å². The lowest BCUT2D eigenvalue weighted by Crippen LogP contribution is -2.21. The van der Waals surface area contributed by atoms with E-state index in [1.807, 2.05) is 36.4 Å². The lowest BCUT2D eigenvalue weighted by atomic mass is 10.1. The third kappa shape index (κ3) is 4.52. The van der Waals surface area contributed by atoms with Crippen LogP contribution in [0.3, 0.4) is 0 Å². The van der Waals surface area contributed by atoms with Gasteiger partial charge in [0.05, 0.1) is 27.7 Å². The topological polar surface area (TPSA) is 51.1 Å². The minimum Gasteiger partial charge on any atom is -0.493 e. The summed E-state index contributed by atoms with van der Waals surface area (Å²) in [5, 5.41) is 5.81. The second kappa shape index (κ2) is 9.52. The predicted molar refractivity (Wildman–Crippen MR) is 131 cm³/mol. The van der Waals surface area contributed by atoms with Crippen LogP contribution in [0, 0.1) is 9.39 Å². The van der Waals surface area contributed by atoms with Gasteiger partial charge in [-0.2, -0.15) is 10.1 Å². The second-order valence-electron chi connectivity index (χ2n) is 7.11. The molecule has 0 bridgehead atoms. The molecule has 32 heavy (non-hydrogen) atoms.